The molecular weight excluding hydrogens is 606 g/mol. The van der Waals surface area contributed by atoms with Crippen LogP contribution in [0.3, 0.4) is 0 Å². The number of halogens is 1. The normalized spacial score (nSPS) is 14.7. The van der Waals surface area contributed by atoms with Gasteiger partial charge in [-0.25, -0.2) is 0 Å². The van der Waals surface area contributed by atoms with Gasteiger partial charge in [-0.05, 0) is 57.4 Å². The van der Waals surface area contributed by atoms with Gasteiger partial charge in [-0.3, -0.25) is 14.5 Å². The van der Waals surface area contributed by atoms with Crippen LogP contribution in [0.25, 0.3) is 0 Å². The Balaban J connectivity index is 2.55. The fourth-order valence-corrected chi connectivity index (χ4v) is 7.13. The molecule has 278 valence electrons. The van der Waals surface area contributed by atoms with Gasteiger partial charge in [0.25, 0.3) is 0 Å². The van der Waals surface area contributed by atoms with Gasteiger partial charge in [0, 0.05) is 37.2 Å². The van der Waals surface area contributed by atoms with E-state index in [-0.39, 0.29) is 17.9 Å². The minimum Gasteiger partial charge on any atom is -0.465 e. The second-order valence-electron chi connectivity index (χ2n) is 14.7. The van der Waals surface area contributed by atoms with E-state index in [0.717, 1.165) is 58.0 Å². The minimum absolute atomic E-state index is 0.0632. The van der Waals surface area contributed by atoms with Crippen molar-refractivity contribution in [3.63, 3.8) is 0 Å². The van der Waals surface area contributed by atoms with E-state index in [1.54, 1.807) is 0 Å². The lowest BCUT2D eigenvalue weighted by molar-refractivity contribution is -0.150. The van der Waals surface area contributed by atoms with Crippen molar-refractivity contribution in [2.24, 2.45) is 11.8 Å². The summed E-state index contributed by atoms with van der Waals surface area (Å²) in [5, 5.41) is 0. The molecule has 0 amide bonds. The first kappa shape index (κ1) is 44.2. The van der Waals surface area contributed by atoms with Gasteiger partial charge in [-0.2, -0.15) is 0 Å². The molecule has 1 saturated carbocycles. The van der Waals surface area contributed by atoms with Gasteiger partial charge in [-0.1, -0.05) is 143 Å². The molecular formula is C41H78ClNO4. The first-order chi connectivity index (χ1) is 23.0. The SMILES string of the molecule is CCCCCCCCCCC(=O)OCC(CCCCN(CCCl)C1CCC1)COC(=O)CC(CCCCCC)CCCCCCCC. The third kappa shape index (κ3) is 25.8. The van der Waals surface area contributed by atoms with Crippen LogP contribution < -0.4 is 0 Å². The number of rotatable bonds is 35. The number of carbonyl (C=O) groups is 2. The number of unbranched alkanes of at least 4 members (excludes halogenated alkanes) is 16. The standard InChI is InChI=1S/C41H78ClNO4/c1-4-7-10-13-15-16-18-21-30-40(44)46-35-38(27-22-23-32-43(33-31-42)39-28-24-29-39)36-47-41(45)34-37(25-19-12-9-6-3)26-20-17-14-11-8-5-2/h37-39H,4-36H2,1-3H3. The number of alkyl halides is 1. The van der Waals surface area contributed by atoms with E-state index in [2.05, 4.69) is 25.7 Å². The number of ether oxygens (including phenoxy) is 2. The molecule has 6 heteroatoms. The maximum atomic E-state index is 13.1. The molecule has 0 aliphatic heterocycles. The number of esters is 2. The first-order valence-corrected chi connectivity index (χ1v) is 21.2. The molecule has 0 heterocycles. The summed E-state index contributed by atoms with van der Waals surface area (Å²) in [5.74, 6) is 1.00. The zero-order valence-electron chi connectivity index (χ0n) is 31.5. The van der Waals surface area contributed by atoms with Crippen molar-refractivity contribution < 1.29 is 19.1 Å². The van der Waals surface area contributed by atoms with E-state index >= 15 is 0 Å². The summed E-state index contributed by atoms with van der Waals surface area (Å²) in [6.45, 7) is 9.50. The fourth-order valence-electron chi connectivity index (χ4n) is 6.91. The van der Waals surface area contributed by atoms with Crippen LogP contribution in [0.15, 0.2) is 0 Å². The highest BCUT2D eigenvalue weighted by Gasteiger charge is 2.24. The van der Waals surface area contributed by atoms with Gasteiger partial charge < -0.3 is 9.47 Å². The minimum atomic E-state index is -0.100. The van der Waals surface area contributed by atoms with E-state index in [1.807, 2.05) is 0 Å². The second kappa shape index (κ2) is 32.4. The van der Waals surface area contributed by atoms with Crippen LogP contribution in [-0.2, 0) is 19.1 Å². The van der Waals surface area contributed by atoms with E-state index in [9.17, 15) is 9.59 Å². The molecule has 0 saturated heterocycles. The Labute approximate surface area is 297 Å². The van der Waals surface area contributed by atoms with Gasteiger partial charge in [0.15, 0.2) is 0 Å². The zero-order valence-corrected chi connectivity index (χ0v) is 32.3. The van der Waals surface area contributed by atoms with Crippen LogP contribution in [0.5, 0.6) is 0 Å². The number of hydrogen-bond donors (Lipinski definition) is 0. The molecule has 0 bridgehead atoms. The van der Waals surface area contributed by atoms with Gasteiger partial charge in [0.2, 0.25) is 0 Å². The Bertz CT molecular complexity index is 716. The van der Waals surface area contributed by atoms with Crippen molar-refractivity contribution >= 4 is 23.5 Å². The monoisotopic (exact) mass is 684 g/mol. The molecule has 0 N–H and O–H groups in total. The van der Waals surface area contributed by atoms with Crippen molar-refractivity contribution in [3.05, 3.63) is 0 Å². The maximum Gasteiger partial charge on any atom is 0.306 e. The van der Waals surface area contributed by atoms with Gasteiger partial charge >= 0.3 is 11.9 Å². The van der Waals surface area contributed by atoms with Crippen LogP contribution >= 0.6 is 11.6 Å². The van der Waals surface area contributed by atoms with Gasteiger partial charge in [0.1, 0.15) is 0 Å². The smallest absolute Gasteiger partial charge is 0.306 e. The van der Waals surface area contributed by atoms with Gasteiger partial charge in [-0.15, -0.1) is 11.6 Å². The van der Waals surface area contributed by atoms with Crippen molar-refractivity contribution in [1.82, 2.24) is 4.90 Å². The average molecular weight is 685 g/mol. The molecule has 0 aromatic carbocycles. The molecule has 47 heavy (non-hydrogen) atoms. The summed E-state index contributed by atoms with van der Waals surface area (Å²) < 4.78 is 11.7. The molecule has 0 aromatic heterocycles. The second-order valence-corrected chi connectivity index (χ2v) is 15.1. The highest BCUT2D eigenvalue weighted by atomic mass is 35.5. The molecule has 0 radical (unpaired) electrons. The van der Waals surface area contributed by atoms with E-state index < -0.39 is 0 Å². The van der Waals surface area contributed by atoms with Crippen LogP contribution in [0, 0.1) is 11.8 Å². The largest absolute Gasteiger partial charge is 0.465 e. The molecule has 1 fully saturated rings. The van der Waals surface area contributed by atoms with Crippen LogP contribution in [-0.4, -0.2) is 55.1 Å². The lowest BCUT2D eigenvalue weighted by Crippen LogP contribution is -2.41. The van der Waals surface area contributed by atoms with Crippen molar-refractivity contribution in [2.45, 2.75) is 207 Å². The van der Waals surface area contributed by atoms with E-state index in [1.165, 1.54) is 122 Å². The molecule has 2 unspecified atom stereocenters. The third-order valence-electron chi connectivity index (χ3n) is 10.4. The quantitative estimate of drug-likeness (QED) is 0.0378. The summed E-state index contributed by atoms with van der Waals surface area (Å²) in [7, 11) is 0. The Morgan fingerprint density at radius 2 is 1.06 bits per heavy atom. The molecule has 2 atom stereocenters. The van der Waals surface area contributed by atoms with Crippen molar-refractivity contribution in [2.75, 3.05) is 32.2 Å². The predicted molar refractivity (Wildman–Crippen MR) is 201 cm³/mol. The summed E-state index contributed by atoms with van der Waals surface area (Å²) in [6.07, 6.45) is 32.7. The Morgan fingerprint density at radius 3 is 1.60 bits per heavy atom. The summed E-state index contributed by atoms with van der Waals surface area (Å²) in [6, 6.07) is 0.703. The summed E-state index contributed by atoms with van der Waals surface area (Å²) >= 11 is 6.10. The number of nitrogens with zero attached hydrogens (tertiary/aromatic N) is 1. The van der Waals surface area contributed by atoms with E-state index in [0.29, 0.717) is 43.9 Å². The Morgan fingerprint density at radius 1 is 0.596 bits per heavy atom. The topological polar surface area (TPSA) is 55.8 Å². The lowest BCUT2D eigenvalue weighted by atomic mass is 9.91. The van der Waals surface area contributed by atoms with E-state index in [4.69, 9.17) is 21.1 Å². The van der Waals surface area contributed by atoms with Crippen molar-refractivity contribution in [3.8, 4) is 0 Å². The molecule has 0 aromatic rings. The zero-order chi connectivity index (χ0) is 34.2. The number of hydrogen-bond acceptors (Lipinski definition) is 5. The third-order valence-corrected chi connectivity index (χ3v) is 10.5. The van der Waals surface area contributed by atoms with Crippen LogP contribution in [0.4, 0.5) is 0 Å². The summed E-state index contributed by atoms with van der Waals surface area (Å²) in [4.78, 5) is 28.2. The van der Waals surface area contributed by atoms with Crippen LogP contribution in [0.2, 0.25) is 0 Å². The van der Waals surface area contributed by atoms with Gasteiger partial charge in [0.05, 0.1) is 13.2 Å². The number of carbonyl (C=O) groups excluding carboxylic acids is 2. The highest BCUT2D eigenvalue weighted by Crippen LogP contribution is 2.26. The molecule has 5 nitrogen and oxygen atoms in total. The lowest BCUT2D eigenvalue weighted by Gasteiger charge is -2.37. The fraction of sp³-hybridized carbons (Fsp3) is 0.951. The Hall–Kier alpha value is -0.810. The Kier molecular flexibility index (Phi) is 30.5. The molecule has 1 rings (SSSR count). The summed E-state index contributed by atoms with van der Waals surface area (Å²) in [5.41, 5.74) is 0. The highest BCUT2D eigenvalue weighted by molar-refractivity contribution is 6.18. The first-order valence-electron chi connectivity index (χ1n) is 20.6. The molecule has 0 spiro atoms. The molecule has 1 aliphatic rings. The average Bonchev–Trinajstić information content (AvgIpc) is 3.04. The maximum absolute atomic E-state index is 13.1. The van der Waals surface area contributed by atoms with Crippen LogP contribution in [0.1, 0.15) is 201 Å². The predicted octanol–water partition coefficient (Wildman–Crippen LogP) is 12.2. The van der Waals surface area contributed by atoms with Crippen molar-refractivity contribution in [1.29, 1.82) is 0 Å². The molecule has 1 aliphatic carbocycles.